The summed E-state index contributed by atoms with van der Waals surface area (Å²) in [4.78, 5) is 36.0. The van der Waals surface area contributed by atoms with Crippen molar-refractivity contribution in [1.29, 1.82) is 0 Å². The lowest BCUT2D eigenvalue weighted by Gasteiger charge is -2.11. The lowest BCUT2D eigenvalue weighted by Crippen LogP contribution is -2.14. The molecule has 0 aliphatic heterocycles. The molecule has 0 aliphatic rings. The number of aryl methyl sites for hydroxylation is 3. The van der Waals surface area contributed by atoms with E-state index in [1.165, 1.54) is 12.1 Å². The first-order chi connectivity index (χ1) is 13.7. The predicted octanol–water partition coefficient (Wildman–Crippen LogP) is 4.87. The van der Waals surface area contributed by atoms with Gasteiger partial charge in [0.1, 0.15) is 5.82 Å². The van der Waals surface area contributed by atoms with E-state index in [-0.39, 0.29) is 30.2 Å². The minimum atomic E-state index is -0.618. The van der Waals surface area contributed by atoms with Crippen molar-refractivity contribution in [2.24, 2.45) is 0 Å². The number of ketones is 1. The van der Waals surface area contributed by atoms with Crippen LogP contribution in [0.2, 0.25) is 0 Å². The molecule has 29 heavy (non-hydrogen) atoms. The van der Waals surface area contributed by atoms with Gasteiger partial charge in [-0.15, -0.1) is 0 Å². The van der Waals surface area contributed by atoms with Gasteiger partial charge >= 0.3 is 0 Å². The molecule has 0 radical (unpaired) electrons. The molecule has 0 spiro atoms. The summed E-state index contributed by atoms with van der Waals surface area (Å²) in [6.45, 7) is 9.13. The van der Waals surface area contributed by atoms with Crippen molar-refractivity contribution >= 4 is 29.0 Å². The summed E-state index contributed by atoms with van der Waals surface area (Å²) in [6, 6.07) is 7.84. The zero-order valence-electron chi connectivity index (χ0n) is 16.9. The molecule has 2 rings (SSSR count). The number of benzene rings is 2. The van der Waals surface area contributed by atoms with Gasteiger partial charge in [-0.3, -0.25) is 14.4 Å². The van der Waals surface area contributed by atoms with Gasteiger partial charge in [0.15, 0.2) is 5.78 Å². The van der Waals surface area contributed by atoms with Crippen LogP contribution in [-0.4, -0.2) is 17.6 Å². The maximum Gasteiger partial charge on any atom is 0.247 e. The van der Waals surface area contributed by atoms with Gasteiger partial charge in [-0.1, -0.05) is 24.3 Å². The van der Waals surface area contributed by atoms with Crippen molar-refractivity contribution in [3.05, 3.63) is 71.1 Å². The number of hydrogen-bond acceptors (Lipinski definition) is 3. The second-order valence-electron chi connectivity index (χ2n) is 6.99. The molecule has 152 valence electrons. The monoisotopic (exact) mass is 396 g/mol. The van der Waals surface area contributed by atoms with E-state index < -0.39 is 11.7 Å². The second kappa shape index (κ2) is 9.78. The van der Waals surface area contributed by atoms with Gasteiger partial charge in [-0.2, -0.15) is 0 Å². The largest absolute Gasteiger partial charge is 0.326 e. The quantitative estimate of drug-likeness (QED) is 0.494. The van der Waals surface area contributed by atoms with Gasteiger partial charge in [0.2, 0.25) is 11.8 Å². The maximum absolute atomic E-state index is 13.7. The van der Waals surface area contributed by atoms with E-state index in [4.69, 9.17) is 0 Å². The summed E-state index contributed by atoms with van der Waals surface area (Å²) >= 11 is 0. The molecule has 2 amide bonds. The van der Waals surface area contributed by atoms with Gasteiger partial charge in [0, 0.05) is 24.1 Å². The molecule has 0 aliphatic carbocycles. The Morgan fingerprint density at radius 3 is 2.28 bits per heavy atom. The lowest BCUT2D eigenvalue weighted by atomic mass is 9.94. The van der Waals surface area contributed by atoms with E-state index in [0.717, 1.165) is 34.4 Å². The van der Waals surface area contributed by atoms with E-state index in [0.29, 0.717) is 12.1 Å². The molecular formula is C23H25FN2O3. The molecule has 0 atom stereocenters. The molecule has 5 nitrogen and oxygen atoms in total. The number of carbonyl (C=O) groups excluding carboxylic acids is 3. The number of nitrogens with one attached hydrogen (secondary N) is 2. The summed E-state index contributed by atoms with van der Waals surface area (Å²) in [6.07, 6.45) is 1.85. The number of hydrogen-bond donors (Lipinski definition) is 2. The zero-order valence-corrected chi connectivity index (χ0v) is 16.9. The first-order valence-corrected chi connectivity index (χ1v) is 9.35. The molecule has 0 saturated heterocycles. The highest BCUT2D eigenvalue weighted by Gasteiger charge is 2.14. The van der Waals surface area contributed by atoms with E-state index in [1.807, 2.05) is 32.9 Å². The normalized spacial score (nSPS) is 10.3. The molecule has 0 fully saturated rings. The Morgan fingerprint density at radius 1 is 1.00 bits per heavy atom. The second-order valence-corrected chi connectivity index (χ2v) is 6.99. The third kappa shape index (κ3) is 6.10. The fraction of sp³-hybridized carbons (Fsp3) is 0.261. The predicted molar refractivity (Wildman–Crippen MR) is 113 cm³/mol. The lowest BCUT2D eigenvalue weighted by molar-refractivity contribution is -0.116. The van der Waals surface area contributed by atoms with Crippen LogP contribution < -0.4 is 10.6 Å². The number of amides is 2. The molecule has 0 bridgehead atoms. The molecular weight excluding hydrogens is 371 g/mol. The molecule has 0 heterocycles. The summed E-state index contributed by atoms with van der Waals surface area (Å²) in [5.74, 6) is -1.44. The minimum Gasteiger partial charge on any atom is -0.326 e. The Morgan fingerprint density at radius 2 is 1.66 bits per heavy atom. The fourth-order valence-electron chi connectivity index (χ4n) is 3.26. The van der Waals surface area contributed by atoms with Gasteiger partial charge in [-0.05, 0) is 62.6 Å². The third-order valence-electron chi connectivity index (χ3n) is 4.46. The summed E-state index contributed by atoms with van der Waals surface area (Å²) < 4.78 is 13.7. The number of carbonyl (C=O) groups is 3. The Hall–Kier alpha value is -3.28. The zero-order chi connectivity index (χ0) is 21.6. The van der Waals surface area contributed by atoms with E-state index >= 15 is 0 Å². The van der Waals surface area contributed by atoms with Crippen molar-refractivity contribution in [1.82, 2.24) is 0 Å². The number of Topliss-reactive ketones (excluding diaryl/α,β-unsaturated/α-hetero) is 1. The van der Waals surface area contributed by atoms with Gasteiger partial charge in [0.25, 0.3) is 0 Å². The fourth-order valence-corrected chi connectivity index (χ4v) is 3.26. The molecule has 0 aromatic heterocycles. The van der Waals surface area contributed by atoms with Gasteiger partial charge in [0.05, 0.1) is 5.69 Å². The Labute approximate surface area is 170 Å². The van der Waals surface area contributed by atoms with E-state index in [2.05, 4.69) is 17.2 Å². The molecule has 2 N–H and O–H groups in total. The smallest absolute Gasteiger partial charge is 0.247 e. The first-order valence-electron chi connectivity index (χ1n) is 9.35. The Bertz CT molecular complexity index is 944. The molecule has 0 saturated carbocycles. The van der Waals surface area contributed by atoms with Crippen molar-refractivity contribution in [3.8, 4) is 0 Å². The van der Waals surface area contributed by atoms with Crippen LogP contribution in [-0.2, 0) is 9.59 Å². The molecule has 0 unspecified atom stereocenters. The average Bonchev–Trinajstić information content (AvgIpc) is 2.63. The molecule has 6 heteroatoms. The first kappa shape index (κ1) is 22.0. The van der Waals surface area contributed by atoms with Crippen LogP contribution >= 0.6 is 0 Å². The third-order valence-corrected chi connectivity index (χ3v) is 4.46. The highest BCUT2D eigenvalue weighted by atomic mass is 19.1. The van der Waals surface area contributed by atoms with Gasteiger partial charge < -0.3 is 10.6 Å². The molecule has 2 aromatic carbocycles. The SMILES string of the molecule is C=CC(=O)Nc1cc(NC(=O)CCCC(=O)c2c(C)cc(C)cc2C)ccc1F. The van der Waals surface area contributed by atoms with Crippen LogP contribution in [0.25, 0.3) is 0 Å². The van der Waals surface area contributed by atoms with E-state index in [1.54, 1.807) is 0 Å². The number of halogens is 1. The van der Waals surface area contributed by atoms with Crippen LogP contribution in [0.1, 0.15) is 46.3 Å². The van der Waals surface area contributed by atoms with Gasteiger partial charge in [-0.25, -0.2) is 4.39 Å². The topological polar surface area (TPSA) is 75.3 Å². The van der Waals surface area contributed by atoms with Crippen LogP contribution in [0, 0.1) is 26.6 Å². The highest BCUT2D eigenvalue weighted by Crippen LogP contribution is 2.21. The number of rotatable bonds is 8. The van der Waals surface area contributed by atoms with Crippen molar-refractivity contribution in [2.45, 2.75) is 40.0 Å². The maximum atomic E-state index is 13.7. The Balaban J connectivity index is 1.92. The highest BCUT2D eigenvalue weighted by molar-refractivity contribution is 6.00. The Kier molecular flexibility index (Phi) is 7.42. The summed E-state index contributed by atoms with van der Waals surface area (Å²) in [5.41, 5.74) is 4.02. The van der Waals surface area contributed by atoms with Crippen LogP contribution in [0.3, 0.4) is 0 Å². The number of anilines is 2. The average molecular weight is 396 g/mol. The van der Waals surface area contributed by atoms with Crippen molar-refractivity contribution in [2.75, 3.05) is 10.6 Å². The van der Waals surface area contributed by atoms with Crippen molar-refractivity contribution < 1.29 is 18.8 Å². The van der Waals surface area contributed by atoms with Crippen LogP contribution in [0.4, 0.5) is 15.8 Å². The summed E-state index contributed by atoms with van der Waals surface area (Å²) in [5, 5.41) is 4.99. The standard InChI is InChI=1S/C23H25FN2O3/c1-5-21(28)26-19-13-17(9-10-18(19)24)25-22(29)8-6-7-20(27)23-15(3)11-14(2)12-16(23)4/h5,9-13H,1,6-8H2,2-4H3,(H,25,29)(H,26,28). The minimum absolute atomic E-state index is 0.0176. The summed E-state index contributed by atoms with van der Waals surface area (Å²) in [7, 11) is 0. The molecule has 2 aromatic rings. The van der Waals surface area contributed by atoms with Crippen LogP contribution in [0.15, 0.2) is 43.0 Å². The van der Waals surface area contributed by atoms with Crippen LogP contribution in [0.5, 0.6) is 0 Å². The van der Waals surface area contributed by atoms with E-state index in [9.17, 15) is 18.8 Å². The van der Waals surface area contributed by atoms with Crippen molar-refractivity contribution in [3.63, 3.8) is 0 Å².